The van der Waals surface area contributed by atoms with Crippen molar-refractivity contribution in [3.05, 3.63) is 26.8 Å². The van der Waals surface area contributed by atoms with E-state index in [1.807, 2.05) is 39.8 Å². The lowest BCUT2D eigenvalue weighted by Crippen LogP contribution is -2.25. The molecule has 0 radical (unpaired) electrons. The van der Waals surface area contributed by atoms with Gasteiger partial charge in [-0.15, -0.1) is 11.3 Å². The highest BCUT2D eigenvalue weighted by Crippen LogP contribution is 2.27. The Bertz CT molecular complexity index is 640. The van der Waals surface area contributed by atoms with Gasteiger partial charge in [0.2, 0.25) is 0 Å². The minimum atomic E-state index is -0.182. The van der Waals surface area contributed by atoms with E-state index in [2.05, 4.69) is 15.6 Å². The minimum Gasteiger partial charge on any atom is -0.382 e. The van der Waals surface area contributed by atoms with Crippen LogP contribution in [-0.4, -0.2) is 16.4 Å². The molecule has 114 valence electrons. The Labute approximate surface area is 132 Å². The van der Waals surface area contributed by atoms with E-state index in [0.717, 1.165) is 4.88 Å². The van der Waals surface area contributed by atoms with Crippen LogP contribution in [0.1, 0.15) is 40.2 Å². The summed E-state index contributed by atoms with van der Waals surface area (Å²) in [6, 6.07) is 4.06. The number of carbonyl (C=O) groups excluding carboxylic acids is 1. The number of nitrogens with one attached hydrogen (secondary N) is 2. The standard InChI is InChI=1S/C14H20N4OS2/c1-8-5-6-9(20-8)7-16-12(19)10-11(15)17-13(21-10)18-14(2,3)4/h5-6H,7,15H2,1-4H3,(H,16,19)(H,17,18). The van der Waals surface area contributed by atoms with Crippen LogP contribution < -0.4 is 16.4 Å². The number of thiazole rings is 1. The molecule has 2 aromatic rings. The molecule has 0 aliphatic heterocycles. The van der Waals surface area contributed by atoms with Crippen molar-refractivity contribution in [2.75, 3.05) is 11.1 Å². The lowest BCUT2D eigenvalue weighted by Gasteiger charge is -2.19. The topological polar surface area (TPSA) is 80.0 Å². The first-order chi connectivity index (χ1) is 9.74. The summed E-state index contributed by atoms with van der Waals surface area (Å²) in [6.07, 6.45) is 0. The van der Waals surface area contributed by atoms with Crippen LogP contribution in [0.3, 0.4) is 0 Å². The van der Waals surface area contributed by atoms with Gasteiger partial charge in [0.05, 0.1) is 6.54 Å². The third kappa shape index (κ3) is 4.44. The van der Waals surface area contributed by atoms with Crippen molar-refractivity contribution < 1.29 is 4.79 Å². The molecule has 5 nitrogen and oxygen atoms in total. The maximum absolute atomic E-state index is 12.2. The van der Waals surface area contributed by atoms with E-state index in [4.69, 9.17) is 5.73 Å². The summed E-state index contributed by atoms with van der Waals surface area (Å²) in [4.78, 5) is 19.2. The second-order valence-electron chi connectivity index (χ2n) is 5.80. The highest BCUT2D eigenvalue weighted by Gasteiger charge is 2.19. The van der Waals surface area contributed by atoms with Crippen molar-refractivity contribution in [2.45, 2.75) is 39.8 Å². The smallest absolute Gasteiger partial charge is 0.265 e. The average Bonchev–Trinajstić information content (AvgIpc) is 2.90. The molecule has 0 atom stereocenters. The quantitative estimate of drug-likeness (QED) is 0.806. The number of aromatic nitrogens is 1. The average molecular weight is 324 g/mol. The van der Waals surface area contributed by atoms with Gasteiger partial charge in [0.25, 0.3) is 5.91 Å². The highest BCUT2D eigenvalue weighted by atomic mass is 32.1. The number of carbonyl (C=O) groups is 1. The van der Waals surface area contributed by atoms with E-state index < -0.39 is 0 Å². The molecule has 0 fully saturated rings. The van der Waals surface area contributed by atoms with Crippen LogP contribution in [0.2, 0.25) is 0 Å². The summed E-state index contributed by atoms with van der Waals surface area (Å²) >= 11 is 2.95. The molecule has 2 aromatic heterocycles. The second-order valence-corrected chi connectivity index (χ2v) is 8.17. The Balaban J connectivity index is 2.02. The van der Waals surface area contributed by atoms with Gasteiger partial charge >= 0.3 is 0 Å². The van der Waals surface area contributed by atoms with Gasteiger partial charge in [-0.3, -0.25) is 4.79 Å². The number of anilines is 2. The van der Waals surface area contributed by atoms with Gasteiger partial charge in [0, 0.05) is 15.3 Å². The monoisotopic (exact) mass is 324 g/mol. The Morgan fingerprint density at radius 1 is 1.33 bits per heavy atom. The van der Waals surface area contributed by atoms with Gasteiger partial charge in [0.15, 0.2) is 5.13 Å². The summed E-state index contributed by atoms with van der Waals surface area (Å²) in [7, 11) is 0. The number of hydrogen-bond donors (Lipinski definition) is 3. The van der Waals surface area contributed by atoms with Crippen LogP contribution >= 0.6 is 22.7 Å². The van der Waals surface area contributed by atoms with Crippen molar-refractivity contribution >= 4 is 39.5 Å². The molecule has 0 spiro atoms. The fourth-order valence-corrected chi connectivity index (χ4v) is 3.54. The summed E-state index contributed by atoms with van der Waals surface area (Å²) in [5, 5.41) is 6.77. The van der Waals surface area contributed by atoms with Crippen molar-refractivity contribution in [1.29, 1.82) is 0 Å². The van der Waals surface area contributed by atoms with E-state index in [0.29, 0.717) is 16.6 Å². The Hall–Kier alpha value is -1.60. The second kappa shape index (κ2) is 6.03. The summed E-state index contributed by atoms with van der Waals surface area (Å²) < 4.78 is 0. The number of nitrogens with two attached hydrogens (primary N) is 1. The van der Waals surface area contributed by atoms with Crippen molar-refractivity contribution in [2.24, 2.45) is 0 Å². The molecule has 0 aliphatic rings. The first kappa shape index (κ1) is 15.8. The molecule has 2 heterocycles. The first-order valence-corrected chi connectivity index (χ1v) is 8.26. The molecule has 0 saturated carbocycles. The SMILES string of the molecule is Cc1ccc(CNC(=O)c2sc(NC(C)(C)C)nc2N)s1. The van der Waals surface area contributed by atoms with Gasteiger partial charge in [-0.05, 0) is 39.8 Å². The predicted molar refractivity (Wildman–Crippen MR) is 90.1 cm³/mol. The van der Waals surface area contributed by atoms with Crippen LogP contribution in [-0.2, 0) is 6.54 Å². The van der Waals surface area contributed by atoms with Crippen LogP contribution in [0, 0.1) is 6.92 Å². The zero-order valence-corrected chi connectivity index (χ0v) is 14.2. The normalized spacial score (nSPS) is 11.4. The van der Waals surface area contributed by atoms with Crippen LogP contribution in [0.4, 0.5) is 10.9 Å². The minimum absolute atomic E-state index is 0.119. The molecular weight excluding hydrogens is 304 g/mol. The number of rotatable bonds is 4. The molecule has 2 rings (SSSR count). The summed E-state index contributed by atoms with van der Waals surface area (Å²) in [5.74, 6) is 0.0876. The predicted octanol–water partition coefficient (Wildman–Crippen LogP) is 3.24. The molecule has 0 unspecified atom stereocenters. The van der Waals surface area contributed by atoms with Gasteiger partial charge < -0.3 is 16.4 Å². The molecule has 4 N–H and O–H groups in total. The summed E-state index contributed by atoms with van der Waals surface area (Å²) in [5.41, 5.74) is 5.72. The zero-order chi connectivity index (χ0) is 15.6. The van der Waals surface area contributed by atoms with Crippen molar-refractivity contribution in [1.82, 2.24) is 10.3 Å². The molecule has 21 heavy (non-hydrogen) atoms. The molecule has 0 aromatic carbocycles. The van der Waals surface area contributed by atoms with Crippen molar-refractivity contribution in [3.63, 3.8) is 0 Å². The fourth-order valence-electron chi connectivity index (χ4n) is 1.70. The zero-order valence-electron chi connectivity index (χ0n) is 12.6. The van der Waals surface area contributed by atoms with Crippen LogP contribution in [0.15, 0.2) is 12.1 Å². The van der Waals surface area contributed by atoms with E-state index in [-0.39, 0.29) is 17.3 Å². The Morgan fingerprint density at radius 2 is 2.05 bits per heavy atom. The third-order valence-corrected chi connectivity index (χ3v) is 4.55. The molecule has 7 heteroatoms. The van der Waals surface area contributed by atoms with Gasteiger partial charge in [-0.2, -0.15) is 0 Å². The van der Waals surface area contributed by atoms with E-state index in [1.54, 1.807) is 11.3 Å². The number of amides is 1. The number of aryl methyl sites for hydroxylation is 1. The van der Waals surface area contributed by atoms with Crippen molar-refractivity contribution in [3.8, 4) is 0 Å². The highest BCUT2D eigenvalue weighted by molar-refractivity contribution is 7.18. The Morgan fingerprint density at radius 3 is 2.62 bits per heavy atom. The van der Waals surface area contributed by atoms with E-state index >= 15 is 0 Å². The number of hydrogen-bond acceptors (Lipinski definition) is 6. The molecule has 0 aliphatic carbocycles. The van der Waals surface area contributed by atoms with Gasteiger partial charge in [-0.25, -0.2) is 4.98 Å². The van der Waals surface area contributed by atoms with E-state index in [1.165, 1.54) is 16.2 Å². The van der Waals surface area contributed by atoms with Crippen LogP contribution in [0.25, 0.3) is 0 Å². The fraction of sp³-hybridized carbons (Fsp3) is 0.429. The Kier molecular flexibility index (Phi) is 4.53. The first-order valence-electron chi connectivity index (χ1n) is 6.62. The van der Waals surface area contributed by atoms with E-state index in [9.17, 15) is 4.79 Å². The van der Waals surface area contributed by atoms with Gasteiger partial charge in [0.1, 0.15) is 10.7 Å². The maximum Gasteiger partial charge on any atom is 0.265 e. The maximum atomic E-state index is 12.2. The number of nitrogen functional groups attached to an aromatic ring is 1. The molecule has 0 bridgehead atoms. The third-order valence-electron chi connectivity index (χ3n) is 2.56. The lowest BCUT2D eigenvalue weighted by molar-refractivity contribution is 0.0956. The number of nitrogens with zero attached hydrogens (tertiary/aromatic N) is 1. The van der Waals surface area contributed by atoms with Gasteiger partial charge in [-0.1, -0.05) is 11.3 Å². The lowest BCUT2D eigenvalue weighted by atomic mass is 10.1. The molecule has 0 saturated heterocycles. The number of thiophene rings is 1. The molecular formula is C14H20N4OS2. The largest absolute Gasteiger partial charge is 0.382 e. The van der Waals surface area contributed by atoms with Crippen LogP contribution in [0.5, 0.6) is 0 Å². The molecule has 1 amide bonds. The summed E-state index contributed by atoms with van der Waals surface area (Å²) in [6.45, 7) is 8.65.